The van der Waals surface area contributed by atoms with Crippen LogP contribution in [0.25, 0.3) is 0 Å². The molecule has 0 saturated heterocycles. The van der Waals surface area contributed by atoms with Gasteiger partial charge in [-0.15, -0.1) is 0 Å². The molecular formula is C26H44O3. The van der Waals surface area contributed by atoms with Crippen LogP contribution in [-0.4, -0.2) is 18.4 Å². The Balaban J connectivity index is 1.38. The fourth-order valence-corrected chi connectivity index (χ4v) is 6.53. The maximum atomic E-state index is 12.6. The van der Waals surface area contributed by atoms with Crippen molar-refractivity contribution in [2.45, 2.75) is 110 Å². The molecule has 0 amide bonds. The van der Waals surface area contributed by atoms with Crippen molar-refractivity contribution >= 4 is 11.8 Å². The highest BCUT2D eigenvalue weighted by molar-refractivity contribution is 5.99. The van der Waals surface area contributed by atoms with Gasteiger partial charge in [0.25, 0.3) is 0 Å². The largest absolute Gasteiger partial charge is 0.465 e. The highest BCUT2D eigenvalue weighted by Gasteiger charge is 2.39. The topological polar surface area (TPSA) is 43.4 Å². The molecule has 3 nitrogen and oxygen atoms in total. The third kappa shape index (κ3) is 6.31. The van der Waals surface area contributed by atoms with Crippen molar-refractivity contribution in [2.75, 3.05) is 6.61 Å². The molecule has 3 aliphatic rings. The van der Waals surface area contributed by atoms with Crippen molar-refractivity contribution in [3.8, 4) is 0 Å². The first-order valence-corrected chi connectivity index (χ1v) is 12.8. The van der Waals surface area contributed by atoms with Crippen LogP contribution in [0, 0.1) is 35.5 Å². The van der Waals surface area contributed by atoms with E-state index in [1.165, 1.54) is 70.6 Å². The van der Waals surface area contributed by atoms with E-state index in [0.717, 1.165) is 30.6 Å². The van der Waals surface area contributed by atoms with E-state index in [2.05, 4.69) is 6.92 Å². The van der Waals surface area contributed by atoms with E-state index in [9.17, 15) is 9.59 Å². The summed E-state index contributed by atoms with van der Waals surface area (Å²) in [6.07, 6.45) is 18.6. The van der Waals surface area contributed by atoms with Crippen LogP contribution in [0.4, 0.5) is 0 Å². The lowest BCUT2D eigenvalue weighted by Crippen LogP contribution is -2.36. The predicted molar refractivity (Wildman–Crippen MR) is 118 cm³/mol. The van der Waals surface area contributed by atoms with Gasteiger partial charge in [0, 0.05) is 6.42 Å². The van der Waals surface area contributed by atoms with Gasteiger partial charge in [-0.05, 0) is 87.4 Å². The highest BCUT2D eigenvalue weighted by Crippen LogP contribution is 2.46. The number of ether oxygens (including phenoxy) is 1. The summed E-state index contributed by atoms with van der Waals surface area (Å²) in [6.45, 7) is 4.74. The van der Waals surface area contributed by atoms with Crippen molar-refractivity contribution < 1.29 is 14.3 Å². The summed E-state index contributed by atoms with van der Waals surface area (Å²) >= 11 is 0. The molecule has 0 aliphatic heterocycles. The lowest BCUT2D eigenvalue weighted by atomic mass is 9.64. The molecule has 0 aromatic carbocycles. The minimum absolute atomic E-state index is 0.148. The van der Waals surface area contributed by atoms with Crippen LogP contribution in [0.2, 0.25) is 0 Å². The molecule has 0 heterocycles. The molecule has 29 heavy (non-hydrogen) atoms. The summed E-state index contributed by atoms with van der Waals surface area (Å²) in [5, 5.41) is 0. The van der Waals surface area contributed by atoms with Crippen LogP contribution in [-0.2, 0) is 14.3 Å². The molecule has 0 aromatic rings. The number of hydrogen-bond donors (Lipinski definition) is 0. The molecule has 166 valence electrons. The number of Topliss-reactive ketones (excluding diaryl/α,β-unsaturated/α-hetero) is 1. The minimum atomic E-state index is -0.475. The first kappa shape index (κ1) is 22.8. The van der Waals surface area contributed by atoms with Crippen LogP contribution in [0.1, 0.15) is 110 Å². The molecule has 0 bridgehead atoms. The van der Waals surface area contributed by atoms with Gasteiger partial charge in [0.05, 0.1) is 6.61 Å². The number of unbranched alkanes of at least 4 members (excludes halogenated alkanes) is 1. The van der Waals surface area contributed by atoms with Gasteiger partial charge < -0.3 is 4.74 Å². The fraction of sp³-hybridized carbons (Fsp3) is 0.923. The number of esters is 1. The van der Waals surface area contributed by atoms with Crippen molar-refractivity contribution in [3.05, 3.63) is 0 Å². The van der Waals surface area contributed by atoms with Crippen molar-refractivity contribution in [1.82, 2.24) is 0 Å². The van der Waals surface area contributed by atoms with Crippen LogP contribution in [0.5, 0.6) is 0 Å². The Kier molecular flexibility index (Phi) is 9.06. The highest BCUT2D eigenvalue weighted by atomic mass is 16.5. The van der Waals surface area contributed by atoms with E-state index in [-0.39, 0.29) is 11.8 Å². The van der Waals surface area contributed by atoms with E-state index < -0.39 is 5.92 Å². The zero-order valence-corrected chi connectivity index (χ0v) is 19.0. The zero-order chi connectivity index (χ0) is 20.6. The first-order valence-electron chi connectivity index (χ1n) is 12.8. The molecule has 0 spiro atoms. The normalized spacial score (nSPS) is 36.0. The average Bonchev–Trinajstić information content (AvgIpc) is 2.76. The summed E-state index contributed by atoms with van der Waals surface area (Å²) in [6, 6.07) is 0. The van der Waals surface area contributed by atoms with Crippen molar-refractivity contribution in [3.63, 3.8) is 0 Å². The van der Waals surface area contributed by atoms with Gasteiger partial charge in [-0.1, -0.05) is 46.0 Å². The maximum absolute atomic E-state index is 12.6. The third-order valence-corrected chi connectivity index (χ3v) is 8.42. The third-order valence-electron chi connectivity index (χ3n) is 8.42. The molecule has 0 aromatic heterocycles. The van der Waals surface area contributed by atoms with Gasteiger partial charge >= 0.3 is 5.97 Å². The Labute approximate surface area is 178 Å². The van der Waals surface area contributed by atoms with Crippen LogP contribution >= 0.6 is 0 Å². The monoisotopic (exact) mass is 404 g/mol. The number of ketones is 1. The van der Waals surface area contributed by atoms with E-state index in [1.54, 1.807) is 0 Å². The smallest absolute Gasteiger partial charge is 0.316 e. The van der Waals surface area contributed by atoms with E-state index in [4.69, 9.17) is 4.74 Å². The number of hydrogen-bond acceptors (Lipinski definition) is 3. The average molecular weight is 405 g/mol. The summed E-state index contributed by atoms with van der Waals surface area (Å²) in [4.78, 5) is 24.7. The Morgan fingerprint density at radius 3 is 1.90 bits per heavy atom. The number of rotatable bonds is 8. The summed E-state index contributed by atoms with van der Waals surface area (Å²) in [5.41, 5.74) is 0. The summed E-state index contributed by atoms with van der Waals surface area (Å²) in [7, 11) is 0. The second-order valence-corrected chi connectivity index (χ2v) is 10.3. The standard InChI is InChI=1S/C26H44O3/c1-3-5-6-19-7-9-20(10-8-19)21-11-13-22(14-12-21)23-15-16-24(25(27)18-23)26(28)29-17-4-2/h19-24H,3-18H2,1-2H3/t19-,20-,21-,22-,23?,24?. The summed E-state index contributed by atoms with van der Waals surface area (Å²) < 4.78 is 5.23. The maximum Gasteiger partial charge on any atom is 0.316 e. The molecule has 3 rings (SSSR count). The minimum Gasteiger partial charge on any atom is -0.465 e. The molecular weight excluding hydrogens is 360 g/mol. The lowest BCUT2D eigenvalue weighted by Gasteiger charge is -2.41. The summed E-state index contributed by atoms with van der Waals surface area (Å²) in [5.74, 6) is 3.55. The van der Waals surface area contributed by atoms with E-state index in [0.29, 0.717) is 31.3 Å². The Morgan fingerprint density at radius 1 is 0.793 bits per heavy atom. The quantitative estimate of drug-likeness (QED) is 0.333. The predicted octanol–water partition coefficient (Wildman–Crippen LogP) is 6.73. The lowest BCUT2D eigenvalue weighted by molar-refractivity contribution is -0.154. The van der Waals surface area contributed by atoms with E-state index in [1.807, 2.05) is 6.92 Å². The number of carbonyl (C=O) groups is 2. The second kappa shape index (κ2) is 11.5. The first-order chi connectivity index (χ1) is 14.1. The van der Waals surface area contributed by atoms with Crippen LogP contribution < -0.4 is 0 Å². The van der Waals surface area contributed by atoms with Crippen LogP contribution in [0.15, 0.2) is 0 Å². The zero-order valence-electron chi connectivity index (χ0n) is 19.0. The van der Waals surface area contributed by atoms with Gasteiger partial charge in [-0.2, -0.15) is 0 Å². The van der Waals surface area contributed by atoms with Crippen molar-refractivity contribution in [2.24, 2.45) is 35.5 Å². The van der Waals surface area contributed by atoms with E-state index >= 15 is 0 Å². The molecule has 0 radical (unpaired) electrons. The fourth-order valence-electron chi connectivity index (χ4n) is 6.53. The Hall–Kier alpha value is -0.860. The van der Waals surface area contributed by atoms with Crippen LogP contribution in [0.3, 0.4) is 0 Å². The van der Waals surface area contributed by atoms with Gasteiger partial charge in [0.2, 0.25) is 0 Å². The molecule has 3 aliphatic carbocycles. The van der Waals surface area contributed by atoms with Gasteiger partial charge in [-0.3, -0.25) is 9.59 Å². The molecule has 3 saturated carbocycles. The van der Waals surface area contributed by atoms with Gasteiger partial charge in [0.1, 0.15) is 11.7 Å². The molecule has 2 atom stereocenters. The molecule has 3 fully saturated rings. The Morgan fingerprint density at radius 2 is 1.34 bits per heavy atom. The number of carbonyl (C=O) groups excluding carboxylic acids is 2. The Bertz CT molecular complexity index is 512. The SMILES string of the molecule is CCCC[C@H]1CC[C@H]([C@H]2CC[C@H](C3CCC(C(=O)OCCC)C(=O)C3)CC2)CC1. The second-order valence-electron chi connectivity index (χ2n) is 10.3. The molecule has 3 heteroatoms. The van der Waals surface area contributed by atoms with Gasteiger partial charge in [-0.25, -0.2) is 0 Å². The molecule has 0 N–H and O–H groups in total. The van der Waals surface area contributed by atoms with Crippen molar-refractivity contribution in [1.29, 1.82) is 0 Å². The molecule has 2 unspecified atom stereocenters. The van der Waals surface area contributed by atoms with Gasteiger partial charge in [0.15, 0.2) is 0 Å².